The molecule has 3 nitrogen and oxygen atoms in total. The predicted molar refractivity (Wildman–Crippen MR) is 199 cm³/mol. The highest BCUT2D eigenvalue weighted by Crippen LogP contribution is 2.47. The number of hydrogen-bond acceptors (Lipinski definition) is 2. The van der Waals surface area contributed by atoms with Crippen LogP contribution in [0.5, 0.6) is 11.5 Å². The van der Waals surface area contributed by atoms with Crippen molar-refractivity contribution in [3.05, 3.63) is 157 Å². The van der Waals surface area contributed by atoms with Gasteiger partial charge in [-0.15, -0.1) is 0 Å². The third-order valence-electron chi connectivity index (χ3n) is 9.90. The van der Waals surface area contributed by atoms with E-state index in [4.69, 9.17) is 9.72 Å². The van der Waals surface area contributed by atoms with Crippen molar-refractivity contribution in [1.82, 2.24) is 9.55 Å². The fourth-order valence-electron chi connectivity index (χ4n) is 7.73. The number of para-hydroxylation sites is 1. The lowest BCUT2D eigenvalue weighted by atomic mass is 9.84. The molecule has 2 heterocycles. The molecule has 0 radical (unpaired) electrons. The third kappa shape index (κ3) is 3.98. The second-order valence-corrected chi connectivity index (χ2v) is 12.6. The van der Waals surface area contributed by atoms with Crippen LogP contribution in [-0.2, 0) is 6.42 Å². The Balaban J connectivity index is 1.24. The average Bonchev–Trinajstić information content (AvgIpc) is 3.54. The number of ether oxygens (including phenoxy) is 1. The van der Waals surface area contributed by atoms with Crippen LogP contribution in [0.3, 0.4) is 0 Å². The van der Waals surface area contributed by atoms with Gasteiger partial charge >= 0.3 is 0 Å². The molecule has 226 valence electrons. The van der Waals surface area contributed by atoms with Crippen molar-refractivity contribution in [2.24, 2.45) is 0 Å². The fourth-order valence-corrected chi connectivity index (χ4v) is 7.73. The van der Waals surface area contributed by atoms with Gasteiger partial charge in [0.15, 0.2) is 11.5 Å². The summed E-state index contributed by atoms with van der Waals surface area (Å²) in [4.78, 5) is 4.91. The molecular weight excluding hydrogens is 585 g/mol. The predicted octanol–water partition coefficient (Wildman–Crippen LogP) is 12.2. The highest BCUT2D eigenvalue weighted by atomic mass is 16.5. The lowest BCUT2D eigenvalue weighted by Crippen LogP contribution is -2.07. The summed E-state index contributed by atoms with van der Waals surface area (Å²) < 4.78 is 8.83. The Bertz CT molecular complexity index is 2740. The van der Waals surface area contributed by atoms with Gasteiger partial charge in [-0.2, -0.15) is 0 Å². The molecule has 0 fully saturated rings. The van der Waals surface area contributed by atoms with Crippen LogP contribution < -0.4 is 4.74 Å². The second-order valence-electron chi connectivity index (χ2n) is 12.6. The van der Waals surface area contributed by atoms with Gasteiger partial charge < -0.3 is 4.74 Å². The van der Waals surface area contributed by atoms with Crippen LogP contribution in [0, 0.1) is 0 Å². The first-order valence-electron chi connectivity index (χ1n) is 16.6. The molecule has 1 aliphatic rings. The molecular formula is C45H30N2O. The molecule has 3 heteroatoms. The summed E-state index contributed by atoms with van der Waals surface area (Å²) in [5.41, 5.74) is 10.3. The first-order valence-corrected chi connectivity index (χ1v) is 16.6. The van der Waals surface area contributed by atoms with E-state index in [-0.39, 0.29) is 0 Å². The molecule has 0 atom stereocenters. The van der Waals surface area contributed by atoms with Crippen LogP contribution in [0.15, 0.2) is 152 Å². The van der Waals surface area contributed by atoms with Crippen LogP contribution in [0.2, 0.25) is 0 Å². The number of hydrogen-bond donors (Lipinski definition) is 0. The Morgan fingerprint density at radius 3 is 2.02 bits per heavy atom. The molecule has 1 aromatic heterocycles. The lowest BCUT2D eigenvalue weighted by molar-refractivity contribution is 0.474. The van der Waals surface area contributed by atoms with Crippen molar-refractivity contribution < 1.29 is 4.74 Å². The number of rotatable bonds is 4. The molecule has 8 aromatic carbocycles. The van der Waals surface area contributed by atoms with Crippen LogP contribution in [0.4, 0.5) is 0 Å². The van der Waals surface area contributed by atoms with Gasteiger partial charge in [0.2, 0.25) is 0 Å². The van der Waals surface area contributed by atoms with Gasteiger partial charge in [-0.25, -0.2) is 4.98 Å². The minimum atomic E-state index is 0.842. The molecule has 0 N–H and O–H groups in total. The van der Waals surface area contributed by atoms with Crippen molar-refractivity contribution >= 4 is 43.4 Å². The molecule has 0 spiro atoms. The Morgan fingerprint density at radius 1 is 0.500 bits per heavy atom. The van der Waals surface area contributed by atoms with E-state index in [0.29, 0.717) is 0 Å². The van der Waals surface area contributed by atoms with E-state index in [9.17, 15) is 0 Å². The van der Waals surface area contributed by atoms with Crippen LogP contribution in [-0.4, -0.2) is 9.55 Å². The Morgan fingerprint density at radius 2 is 1.19 bits per heavy atom. The second kappa shape index (κ2) is 10.4. The minimum Gasteiger partial charge on any atom is -0.453 e. The maximum absolute atomic E-state index is 6.56. The molecule has 10 rings (SSSR count). The summed E-state index contributed by atoms with van der Waals surface area (Å²) in [7, 11) is 0. The number of nitrogens with zero attached hydrogens (tertiary/aromatic N) is 2. The highest BCUT2D eigenvalue weighted by Gasteiger charge is 2.24. The van der Waals surface area contributed by atoms with Crippen molar-refractivity contribution in [1.29, 1.82) is 0 Å². The van der Waals surface area contributed by atoms with Gasteiger partial charge in [-0.3, -0.25) is 4.57 Å². The maximum atomic E-state index is 6.56. The lowest BCUT2D eigenvalue weighted by Gasteiger charge is -2.22. The molecule has 48 heavy (non-hydrogen) atoms. The molecule has 0 aliphatic carbocycles. The van der Waals surface area contributed by atoms with Gasteiger partial charge in [0.25, 0.3) is 0 Å². The van der Waals surface area contributed by atoms with E-state index < -0.39 is 0 Å². The SMILES string of the molecule is CCc1nc2cccc3c2n1-c1ccc(-c2ccc4c(-c5ccccc5)c5ccccc5c(-c5ccc6ccccc6c5)c4c2)cc1O3. The maximum Gasteiger partial charge on any atom is 0.153 e. The summed E-state index contributed by atoms with van der Waals surface area (Å²) in [5, 5.41) is 7.46. The van der Waals surface area contributed by atoms with Crippen LogP contribution in [0.1, 0.15) is 12.7 Å². The largest absolute Gasteiger partial charge is 0.453 e. The third-order valence-corrected chi connectivity index (χ3v) is 9.90. The highest BCUT2D eigenvalue weighted by molar-refractivity contribution is 6.22. The fraction of sp³-hybridized carbons (Fsp3) is 0.0444. The normalized spacial score (nSPS) is 12.1. The average molecular weight is 615 g/mol. The van der Waals surface area contributed by atoms with Crippen molar-refractivity contribution in [2.45, 2.75) is 13.3 Å². The van der Waals surface area contributed by atoms with E-state index in [1.165, 1.54) is 54.6 Å². The molecule has 0 bridgehead atoms. The van der Waals surface area contributed by atoms with Crippen LogP contribution in [0.25, 0.3) is 82.4 Å². The van der Waals surface area contributed by atoms with E-state index in [1.54, 1.807) is 0 Å². The standard InChI is InChI=1S/C45H30N2O/c1-2-42-46-38-17-10-18-40-45(38)47(42)39-24-22-32(27-41(39)48-40)31-21-23-36-37(26-31)44(33-20-19-28-11-6-7-14-30(28)25-33)35-16-9-8-15-34(35)43(36)29-12-4-3-5-13-29/h3-27H,2H2,1H3. The summed E-state index contributed by atoms with van der Waals surface area (Å²) in [6, 6.07) is 54.8. The summed E-state index contributed by atoms with van der Waals surface area (Å²) in [6.45, 7) is 2.16. The molecule has 9 aromatic rings. The van der Waals surface area contributed by atoms with E-state index in [0.717, 1.165) is 51.6 Å². The Kier molecular flexibility index (Phi) is 5.85. The molecule has 1 aliphatic heterocycles. The summed E-state index contributed by atoms with van der Waals surface area (Å²) in [6.07, 6.45) is 0.842. The zero-order valence-corrected chi connectivity index (χ0v) is 26.4. The zero-order valence-electron chi connectivity index (χ0n) is 26.4. The van der Waals surface area contributed by atoms with Crippen molar-refractivity contribution in [3.8, 4) is 50.6 Å². The molecule has 0 saturated heterocycles. The number of imidazole rings is 1. The molecule has 0 unspecified atom stereocenters. The minimum absolute atomic E-state index is 0.842. The van der Waals surface area contributed by atoms with Gasteiger partial charge in [0.05, 0.1) is 11.2 Å². The van der Waals surface area contributed by atoms with Gasteiger partial charge in [-0.05, 0) is 102 Å². The molecule has 0 amide bonds. The smallest absolute Gasteiger partial charge is 0.153 e. The van der Waals surface area contributed by atoms with Crippen molar-refractivity contribution in [2.75, 3.05) is 0 Å². The van der Waals surface area contributed by atoms with Gasteiger partial charge in [0.1, 0.15) is 11.3 Å². The summed E-state index contributed by atoms with van der Waals surface area (Å²) >= 11 is 0. The topological polar surface area (TPSA) is 27.1 Å². The molecule has 0 saturated carbocycles. The van der Waals surface area contributed by atoms with Gasteiger partial charge in [0, 0.05) is 6.42 Å². The number of fused-ring (bicyclic) bond motifs is 5. The van der Waals surface area contributed by atoms with Crippen LogP contribution >= 0.6 is 0 Å². The van der Waals surface area contributed by atoms with E-state index in [1.807, 2.05) is 12.1 Å². The summed E-state index contributed by atoms with van der Waals surface area (Å²) in [5.74, 6) is 2.74. The first kappa shape index (κ1) is 27.0. The number of aromatic nitrogens is 2. The number of benzene rings is 8. The number of aryl methyl sites for hydroxylation is 1. The van der Waals surface area contributed by atoms with Crippen molar-refractivity contribution in [3.63, 3.8) is 0 Å². The Labute approximate surface area is 278 Å². The van der Waals surface area contributed by atoms with E-state index >= 15 is 0 Å². The first-order chi connectivity index (χ1) is 23.7. The van der Waals surface area contributed by atoms with E-state index in [2.05, 4.69) is 151 Å². The monoisotopic (exact) mass is 614 g/mol. The Hall–Kier alpha value is -6.19. The van der Waals surface area contributed by atoms with Gasteiger partial charge in [-0.1, -0.05) is 122 Å². The quantitative estimate of drug-likeness (QED) is 0.184. The zero-order chi connectivity index (χ0) is 31.8.